The maximum Gasteiger partial charge on any atom is 0.223 e. The topological polar surface area (TPSA) is 38.8 Å². The van der Waals surface area contributed by atoms with Crippen molar-refractivity contribution in [2.24, 2.45) is 5.92 Å². The molecule has 2 saturated heterocycles. The van der Waals surface area contributed by atoms with Crippen molar-refractivity contribution in [3.05, 3.63) is 29.8 Å². The summed E-state index contributed by atoms with van der Waals surface area (Å²) in [4.78, 5) is 19.6. The van der Waals surface area contributed by atoms with E-state index in [1.54, 1.807) is 0 Å². The molecule has 3 aliphatic rings. The van der Waals surface area contributed by atoms with Crippen LogP contribution in [0, 0.1) is 12.8 Å². The number of likely N-dealkylation sites (tertiary alicyclic amines) is 1. The predicted octanol–water partition coefficient (Wildman–Crippen LogP) is 2.50. The van der Waals surface area contributed by atoms with Gasteiger partial charge in [-0.1, -0.05) is 12.1 Å². The second kappa shape index (κ2) is 9.27. The van der Waals surface area contributed by atoms with Gasteiger partial charge in [0.15, 0.2) is 0 Å². The van der Waals surface area contributed by atoms with Crippen molar-refractivity contribution in [3.8, 4) is 0 Å². The molecule has 0 radical (unpaired) electrons. The van der Waals surface area contributed by atoms with Gasteiger partial charge in [-0.25, -0.2) is 0 Å². The van der Waals surface area contributed by atoms with Crippen LogP contribution in [0.5, 0.6) is 0 Å². The normalized spacial score (nSPS) is 21.9. The van der Waals surface area contributed by atoms with Crippen LogP contribution < -0.4 is 10.2 Å². The molecule has 0 atom stereocenters. The summed E-state index contributed by atoms with van der Waals surface area (Å²) in [6, 6.07) is 9.38. The first kappa shape index (κ1) is 19.7. The number of nitrogens with zero attached hydrogens (tertiary/aromatic N) is 3. The number of hydrogen-bond acceptors (Lipinski definition) is 4. The average molecular weight is 385 g/mol. The van der Waals surface area contributed by atoms with E-state index < -0.39 is 0 Å². The van der Waals surface area contributed by atoms with Crippen LogP contribution in [0.3, 0.4) is 0 Å². The number of amides is 1. The summed E-state index contributed by atoms with van der Waals surface area (Å²) in [6.45, 7) is 10.3. The number of anilines is 1. The fourth-order valence-corrected chi connectivity index (χ4v) is 4.45. The molecule has 154 valence electrons. The van der Waals surface area contributed by atoms with Gasteiger partial charge in [-0.05, 0) is 62.8 Å². The Balaban J connectivity index is 1.13. The number of carbonyl (C=O) groups is 1. The molecule has 2 aliphatic heterocycles. The molecule has 0 unspecified atom stereocenters. The minimum Gasteiger partial charge on any atom is -0.369 e. The van der Waals surface area contributed by atoms with E-state index in [1.807, 2.05) is 0 Å². The Morgan fingerprint density at radius 3 is 2.46 bits per heavy atom. The van der Waals surface area contributed by atoms with Crippen molar-refractivity contribution in [3.63, 3.8) is 0 Å². The van der Waals surface area contributed by atoms with Crippen LogP contribution >= 0.6 is 0 Å². The molecule has 4 rings (SSSR count). The van der Waals surface area contributed by atoms with Crippen molar-refractivity contribution < 1.29 is 4.79 Å². The summed E-state index contributed by atoms with van der Waals surface area (Å²) in [5.41, 5.74) is 2.64. The maximum absolute atomic E-state index is 12.6. The van der Waals surface area contributed by atoms with Gasteiger partial charge in [0, 0.05) is 64.0 Å². The molecular formula is C23H36N4O. The lowest BCUT2D eigenvalue weighted by Crippen LogP contribution is -2.48. The Morgan fingerprint density at radius 2 is 1.79 bits per heavy atom. The summed E-state index contributed by atoms with van der Waals surface area (Å²) >= 11 is 0. The third kappa shape index (κ3) is 5.48. The van der Waals surface area contributed by atoms with E-state index in [-0.39, 0.29) is 0 Å². The number of carbonyl (C=O) groups excluding carboxylic acids is 1. The van der Waals surface area contributed by atoms with E-state index in [2.05, 4.69) is 51.2 Å². The zero-order chi connectivity index (χ0) is 19.3. The molecule has 3 fully saturated rings. The Morgan fingerprint density at radius 1 is 1.04 bits per heavy atom. The summed E-state index contributed by atoms with van der Waals surface area (Å²) < 4.78 is 0. The number of aryl methyl sites for hydroxylation is 1. The highest BCUT2D eigenvalue weighted by molar-refractivity contribution is 5.76. The molecule has 1 amide bonds. The lowest BCUT2D eigenvalue weighted by atomic mass is 10.0. The molecule has 0 bridgehead atoms. The summed E-state index contributed by atoms with van der Waals surface area (Å²) in [5, 5.41) is 3.70. The number of piperidine rings is 1. The van der Waals surface area contributed by atoms with Crippen molar-refractivity contribution in [1.82, 2.24) is 15.1 Å². The van der Waals surface area contributed by atoms with Gasteiger partial charge in [0.2, 0.25) is 5.91 Å². The number of piperazine rings is 1. The van der Waals surface area contributed by atoms with Gasteiger partial charge in [-0.2, -0.15) is 0 Å². The van der Waals surface area contributed by atoms with Gasteiger partial charge in [-0.15, -0.1) is 0 Å². The van der Waals surface area contributed by atoms with Gasteiger partial charge in [0.05, 0.1) is 0 Å². The van der Waals surface area contributed by atoms with E-state index in [0.29, 0.717) is 18.4 Å². The van der Waals surface area contributed by atoms with Gasteiger partial charge in [-0.3, -0.25) is 9.69 Å². The maximum atomic E-state index is 12.6. The number of benzene rings is 1. The molecular weight excluding hydrogens is 348 g/mol. The molecule has 1 aliphatic carbocycles. The van der Waals surface area contributed by atoms with E-state index in [0.717, 1.165) is 64.6 Å². The Bertz CT molecular complexity index is 644. The van der Waals surface area contributed by atoms with Gasteiger partial charge < -0.3 is 15.1 Å². The monoisotopic (exact) mass is 384 g/mol. The zero-order valence-electron chi connectivity index (χ0n) is 17.4. The number of rotatable bonds is 7. The number of hydrogen-bond donors (Lipinski definition) is 1. The van der Waals surface area contributed by atoms with Crippen LogP contribution in [0.2, 0.25) is 0 Å². The molecule has 1 N–H and O–H groups in total. The summed E-state index contributed by atoms with van der Waals surface area (Å²) in [5.74, 6) is 1.28. The minimum atomic E-state index is 0.349. The van der Waals surface area contributed by atoms with Gasteiger partial charge in [0.1, 0.15) is 0 Å². The molecule has 0 aromatic heterocycles. The van der Waals surface area contributed by atoms with E-state index in [9.17, 15) is 4.79 Å². The average Bonchev–Trinajstić information content (AvgIpc) is 3.56. The van der Waals surface area contributed by atoms with Crippen LogP contribution in [-0.2, 0) is 4.79 Å². The van der Waals surface area contributed by atoms with Gasteiger partial charge >= 0.3 is 0 Å². The lowest BCUT2D eigenvalue weighted by molar-refractivity contribution is -0.132. The standard InChI is InChI=1S/C23H36N4O/c1-19-3-2-4-22(17-19)26-15-13-25(14-16-26)10-9-23(28)27-11-7-21(8-12-27)24-18-20-5-6-20/h2-4,17,20-21,24H,5-16,18H2,1H3. The molecule has 28 heavy (non-hydrogen) atoms. The number of nitrogens with one attached hydrogen (secondary N) is 1. The summed E-state index contributed by atoms with van der Waals surface area (Å²) in [6.07, 6.45) is 5.72. The smallest absolute Gasteiger partial charge is 0.223 e. The fraction of sp³-hybridized carbons (Fsp3) is 0.696. The molecule has 1 aromatic carbocycles. The Kier molecular flexibility index (Phi) is 6.53. The largest absolute Gasteiger partial charge is 0.369 e. The molecule has 1 aromatic rings. The van der Waals surface area contributed by atoms with E-state index in [4.69, 9.17) is 0 Å². The quantitative estimate of drug-likeness (QED) is 0.784. The third-order valence-electron chi connectivity index (χ3n) is 6.62. The molecule has 5 heteroatoms. The van der Waals surface area contributed by atoms with Crippen LogP contribution in [0.1, 0.15) is 37.7 Å². The highest BCUT2D eigenvalue weighted by atomic mass is 16.2. The van der Waals surface area contributed by atoms with Gasteiger partial charge in [0.25, 0.3) is 0 Å². The lowest BCUT2D eigenvalue weighted by Gasteiger charge is -2.37. The van der Waals surface area contributed by atoms with Crippen LogP contribution in [-0.4, -0.2) is 74.1 Å². The second-order valence-electron chi connectivity index (χ2n) is 8.92. The third-order valence-corrected chi connectivity index (χ3v) is 6.62. The highest BCUT2D eigenvalue weighted by Gasteiger charge is 2.26. The first-order valence-electron chi connectivity index (χ1n) is 11.2. The Hall–Kier alpha value is -1.59. The van der Waals surface area contributed by atoms with Crippen LogP contribution in [0.15, 0.2) is 24.3 Å². The zero-order valence-corrected chi connectivity index (χ0v) is 17.4. The summed E-state index contributed by atoms with van der Waals surface area (Å²) in [7, 11) is 0. The minimum absolute atomic E-state index is 0.349. The van der Waals surface area contributed by atoms with Crippen LogP contribution in [0.25, 0.3) is 0 Å². The predicted molar refractivity (Wildman–Crippen MR) is 115 cm³/mol. The Labute approximate surface area is 170 Å². The first-order chi connectivity index (χ1) is 13.7. The fourth-order valence-electron chi connectivity index (χ4n) is 4.45. The SMILES string of the molecule is Cc1cccc(N2CCN(CCC(=O)N3CCC(NCC4CC4)CC3)CC2)c1. The van der Waals surface area contributed by atoms with Crippen LogP contribution in [0.4, 0.5) is 5.69 Å². The van der Waals surface area contributed by atoms with E-state index in [1.165, 1.54) is 30.6 Å². The van der Waals surface area contributed by atoms with Crippen molar-refractivity contribution >= 4 is 11.6 Å². The van der Waals surface area contributed by atoms with E-state index >= 15 is 0 Å². The molecule has 0 spiro atoms. The van der Waals surface area contributed by atoms with Crippen molar-refractivity contribution in [1.29, 1.82) is 0 Å². The van der Waals surface area contributed by atoms with Crippen molar-refractivity contribution in [2.45, 2.75) is 45.1 Å². The second-order valence-corrected chi connectivity index (χ2v) is 8.92. The molecule has 2 heterocycles. The first-order valence-corrected chi connectivity index (χ1v) is 11.2. The molecule has 1 saturated carbocycles. The van der Waals surface area contributed by atoms with Crippen molar-refractivity contribution in [2.75, 3.05) is 57.3 Å². The highest BCUT2D eigenvalue weighted by Crippen LogP contribution is 2.28. The molecule has 5 nitrogen and oxygen atoms in total.